The van der Waals surface area contributed by atoms with Gasteiger partial charge in [0.2, 0.25) is 0 Å². The van der Waals surface area contributed by atoms with Crippen LogP contribution in [-0.4, -0.2) is 36.0 Å². The summed E-state index contributed by atoms with van der Waals surface area (Å²) in [4.78, 5) is 3.17. The van der Waals surface area contributed by atoms with E-state index in [4.69, 9.17) is 0 Å². The monoisotopic (exact) mass is 260 g/mol. The van der Waals surface area contributed by atoms with E-state index in [1.807, 2.05) is 0 Å². The number of alkyl halides is 1. The van der Waals surface area contributed by atoms with E-state index in [1.54, 1.807) is 0 Å². The van der Waals surface area contributed by atoms with Crippen molar-refractivity contribution in [3.05, 3.63) is 0 Å². The molecule has 0 aromatic rings. The van der Waals surface area contributed by atoms with Gasteiger partial charge in [-0.05, 0) is 18.8 Å². The molecule has 0 bridgehead atoms. The molecule has 1 heterocycles. The quantitative estimate of drug-likeness (QED) is 0.605. The molecule has 1 saturated carbocycles. The third-order valence-electron chi connectivity index (χ3n) is 3.50. The maximum atomic E-state index is 3.74. The average Bonchev–Trinajstić information content (AvgIpc) is 2.23. The van der Waals surface area contributed by atoms with Crippen molar-refractivity contribution in [3.63, 3.8) is 0 Å². The Hall–Kier alpha value is 0.400. The first kappa shape index (κ1) is 10.9. The van der Waals surface area contributed by atoms with Crippen molar-refractivity contribution in [1.29, 1.82) is 0 Å². The Labute approximate surface area is 95.6 Å². The number of nitrogens with one attached hydrogen (secondary N) is 1. The molecule has 0 aromatic heterocycles. The number of halogens is 1. The highest BCUT2D eigenvalue weighted by Gasteiger charge is 2.23. The van der Waals surface area contributed by atoms with Gasteiger partial charge >= 0.3 is 0 Å². The summed E-state index contributed by atoms with van der Waals surface area (Å²) in [5, 5.41) is 3.41. The Balaban J connectivity index is 1.76. The topological polar surface area (TPSA) is 15.3 Å². The van der Waals surface area contributed by atoms with Crippen LogP contribution in [0.15, 0.2) is 0 Å². The first-order valence-electron chi connectivity index (χ1n) is 5.95. The van der Waals surface area contributed by atoms with Crippen molar-refractivity contribution < 1.29 is 0 Å². The van der Waals surface area contributed by atoms with Crippen LogP contribution >= 0.6 is 15.9 Å². The van der Waals surface area contributed by atoms with E-state index in [0.29, 0.717) is 4.95 Å². The molecule has 2 nitrogen and oxygen atoms in total. The van der Waals surface area contributed by atoms with Gasteiger partial charge in [0.25, 0.3) is 0 Å². The minimum absolute atomic E-state index is 0.568. The lowest BCUT2D eigenvalue weighted by Crippen LogP contribution is -2.49. The minimum Gasteiger partial charge on any atom is -0.313 e. The van der Waals surface area contributed by atoms with Crippen molar-refractivity contribution in [3.8, 4) is 0 Å². The second-order valence-corrected chi connectivity index (χ2v) is 5.69. The lowest BCUT2D eigenvalue weighted by atomic mass is 9.89. The van der Waals surface area contributed by atoms with Crippen LogP contribution < -0.4 is 5.32 Å². The van der Waals surface area contributed by atoms with E-state index >= 15 is 0 Å². The normalized spacial score (nSPS) is 31.9. The van der Waals surface area contributed by atoms with E-state index in [9.17, 15) is 0 Å². The molecular weight excluding hydrogens is 240 g/mol. The molecule has 1 atom stereocenters. The van der Waals surface area contributed by atoms with E-state index in [-0.39, 0.29) is 0 Å². The zero-order chi connectivity index (χ0) is 9.80. The Morgan fingerprint density at radius 1 is 1.21 bits per heavy atom. The minimum atomic E-state index is 0.568. The molecule has 1 aliphatic carbocycles. The summed E-state index contributed by atoms with van der Waals surface area (Å²) in [6, 6.07) is 0. The van der Waals surface area contributed by atoms with E-state index < -0.39 is 0 Å². The van der Waals surface area contributed by atoms with Crippen LogP contribution in [0.25, 0.3) is 0 Å². The summed E-state index contributed by atoms with van der Waals surface area (Å²) >= 11 is 3.74. The average molecular weight is 261 g/mol. The third kappa shape index (κ3) is 2.94. The van der Waals surface area contributed by atoms with Gasteiger partial charge in [-0.25, -0.2) is 0 Å². The second-order valence-electron chi connectivity index (χ2n) is 4.64. The summed E-state index contributed by atoms with van der Waals surface area (Å²) in [5.74, 6) is 0.974. The van der Waals surface area contributed by atoms with Gasteiger partial charge in [0.05, 0.1) is 4.95 Å². The molecule has 3 heteroatoms. The molecule has 1 saturated heterocycles. The van der Waals surface area contributed by atoms with Gasteiger partial charge in [-0.2, -0.15) is 0 Å². The molecule has 1 N–H and O–H groups in total. The molecular formula is C11H21BrN2. The first-order valence-corrected chi connectivity index (χ1v) is 6.86. The molecule has 14 heavy (non-hydrogen) atoms. The van der Waals surface area contributed by atoms with Gasteiger partial charge in [-0.15, -0.1) is 0 Å². The first-order chi connectivity index (χ1) is 6.86. The van der Waals surface area contributed by atoms with Gasteiger partial charge in [-0.3, -0.25) is 4.90 Å². The summed E-state index contributed by atoms with van der Waals surface area (Å²) in [5.41, 5.74) is 0. The second kappa shape index (κ2) is 5.47. The van der Waals surface area contributed by atoms with Crippen LogP contribution in [0.3, 0.4) is 0 Å². The molecule has 0 spiro atoms. The molecule has 0 radical (unpaired) electrons. The molecule has 0 amide bonds. The summed E-state index contributed by atoms with van der Waals surface area (Å²) in [6.45, 7) is 4.80. The summed E-state index contributed by atoms with van der Waals surface area (Å²) < 4.78 is 0. The number of piperazine rings is 1. The maximum absolute atomic E-state index is 3.74. The van der Waals surface area contributed by atoms with E-state index in [2.05, 4.69) is 26.1 Å². The predicted molar refractivity (Wildman–Crippen MR) is 63.7 cm³/mol. The van der Waals surface area contributed by atoms with Gasteiger partial charge in [-0.1, -0.05) is 35.2 Å². The molecule has 2 aliphatic rings. The van der Waals surface area contributed by atoms with Crippen LogP contribution in [0.5, 0.6) is 0 Å². The largest absolute Gasteiger partial charge is 0.313 e. The molecule has 2 rings (SSSR count). The molecule has 2 fully saturated rings. The Bertz CT molecular complexity index is 169. The number of hydrogen-bond acceptors (Lipinski definition) is 2. The van der Waals surface area contributed by atoms with Crippen LogP contribution in [0.1, 0.15) is 32.1 Å². The fourth-order valence-corrected chi connectivity index (χ4v) is 3.22. The Morgan fingerprint density at radius 3 is 2.71 bits per heavy atom. The van der Waals surface area contributed by atoms with Crippen molar-refractivity contribution in [2.75, 3.05) is 26.2 Å². The third-order valence-corrected chi connectivity index (χ3v) is 4.41. The van der Waals surface area contributed by atoms with Crippen molar-refractivity contribution in [2.45, 2.75) is 37.1 Å². The van der Waals surface area contributed by atoms with Gasteiger partial charge < -0.3 is 5.32 Å². The van der Waals surface area contributed by atoms with Crippen molar-refractivity contribution in [1.82, 2.24) is 10.2 Å². The zero-order valence-corrected chi connectivity index (χ0v) is 10.4. The van der Waals surface area contributed by atoms with E-state index in [1.165, 1.54) is 45.2 Å². The summed E-state index contributed by atoms with van der Waals surface area (Å²) in [6.07, 6.45) is 7.32. The fourth-order valence-electron chi connectivity index (χ4n) is 2.62. The summed E-state index contributed by atoms with van der Waals surface area (Å²) in [7, 11) is 0. The van der Waals surface area contributed by atoms with Crippen LogP contribution in [0.2, 0.25) is 0 Å². The van der Waals surface area contributed by atoms with Crippen LogP contribution in [-0.2, 0) is 0 Å². The maximum Gasteiger partial charge on any atom is 0.0782 e. The highest BCUT2D eigenvalue weighted by Crippen LogP contribution is 2.25. The lowest BCUT2D eigenvalue weighted by Gasteiger charge is -2.36. The van der Waals surface area contributed by atoms with Gasteiger partial charge in [0, 0.05) is 26.2 Å². The van der Waals surface area contributed by atoms with E-state index in [0.717, 1.165) is 19.0 Å². The number of nitrogens with zero attached hydrogens (tertiary/aromatic N) is 1. The van der Waals surface area contributed by atoms with Gasteiger partial charge in [0.1, 0.15) is 0 Å². The SMILES string of the molecule is BrC1CNCCN1CC1CCCCC1. The van der Waals surface area contributed by atoms with Crippen LogP contribution in [0, 0.1) is 5.92 Å². The molecule has 1 aliphatic heterocycles. The van der Waals surface area contributed by atoms with Crippen LogP contribution in [0.4, 0.5) is 0 Å². The Morgan fingerprint density at radius 2 is 2.00 bits per heavy atom. The van der Waals surface area contributed by atoms with Crippen molar-refractivity contribution in [2.24, 2.45) is 5.92 Å². The van der Waals surface area contributed by atoms with Gasteiger partial charge in [0.15, 0.2) is 0 Å². The number of hydrogen-bond donors (Lipinski definition) is 1. The molecule has 82 valence electrons. The standard InChI is InChI=1S/C11H21BrN2/c12-11-8-13-6-7-14(11)9-10-4-2-1-3-5-10/h10-11,13H,1-9H2. The predicted octanol–water partition coefficient (Wildman–Crippen LogP) is 2.19. The highest BCUT2D eigenvalue weighted by atomic mass is 79.9. The highest BCUT2D eigenvalue weighted by molar-refractivity contribution is 9.09. The number of rotatable bonds is 2. The molecule has 0 aromatic carbocycles. The Kier molecular flexibility index (Phi) is 4.26. The fraction of sp³-hybridized carbons (Fsp3) is 1.00. The zero-order valence-electron chi connectivity index (χ0n) is 8.84. The van der Waals surface area contributed by atoms with Crippen molar-refractivity contribution >= 4 is 15.9 Å². The molecule has 1 unspecified atom stereocenters. The lowest BCUT2D eigenvalue weighted by molar-refractivity contribution is 0.169. The smallest absolute Gasteiger partial charge is 0.0782 e.